The lowest BCUT2D eigenvalue weighted by Crippen LogP contribution is -2.59. The quantitative estimate of drug-likeness (QED) is 0.142. The van der Waals surface area contributed by atoms with Gasteiger partial charge in [-0.3, -0.25) is 14.4 Å². The number of aliphatic carboxylic acids is 1. The smallest absolute Gasteiger partial charge is 0.328 e. The monoisotopic (exact) mass is 405 g/mol. The van der Waals surface area contributed by atoms with Crippen molar-refractivity contribution in [1.82, 2.24) is 16.0 Å². The summed E-state index contributed by atoms with van der Waals surface area (Å²) in [5, 5.41) is 34.6. The van der Waals surface area contributed by atoms with Crippen LogP contribution in [-0.4, -0.2) is 82.4 Å². The molecule has 0 radical (unpaired) electrons. The van der Waals surface area contributed by atoms with E-state index < -0.39 is 60.6 Å². The van der Waals surface area contributed by atoms with Crippen LogP contribution < -0.4 is 27.4 Å². The number of nitrogens with one attached hydrogen (secondary N) is 3. The molecular weight excluding hydrogens is 374 g/mol. The fraction of sp³-hybridized carbons (Fsp3) is 0.750. The summed E-state index contributed by atoms with van der Waals surface area (Å²) < 4.78 is 0. The van der Waals surface area contributed by atoms with Crippen LogP contribution in [0.4, 0.5) is 0 Å². The first-order valence-electron chi connectivity index (χ1n) is 8.93. The maximum atomic E-state index is 12.2. The summed E-state index contributed by atoms with van der Waals surface area (Å²) in [6.07, 6.45) is -0.973. The van der Waals surface area contributed by atoms with E-state index in [0.29, 0.717) is 19.4 Å². The molecular formula is C16H31N5O7. The number of aliphatic hydroxyl groups is 2. The first kappa shape index (κ1) is 25.7. The van der Waals surface area contributed by atoms with E-state index >= 15 is 0 Å². The van der Waals surface area contributed by atoms with Gasteiger partial charge in [0.2, 0.25) is 17.7 Å². The molecule has 0 aromatic heterocycles. The highest BCUT2D eigenvalue weighted by atomic mass is 16.4. The van der Waals surface area contributed by atoms with E-state index in [1.165, 1.54) is 13.8 Å². The minimum atomic E-state index is -1.61. The van der Waals surface area contributed by atoms with Gasteiger partial charge in [-0.05, 0) is 33.2 Å². The van der Waals surface area contributed by atoms with Crippen molar-refractivity contribution in [3.63, 3.8) is 0 Å². The van der Waals surface area contributed by atoms with Crippen molar-refractivity contribution in [2.75, 3.05) is 13.1 Å². The maximum Gasteiger partial charge on any atom is 0.328 e. The second kappa shape index (κ2) is 13.0. The number of carbonyl (C=O) groups excluding carboxylic acids is 3. The summed E-state index contributed by atoms with van der Waals surface area (Å²) in [4.78, 5) is 47.0. The lowest BCUT2D eigenvalue weighted by atomic mass is 10.1. The fourth-order valence-electron chi connectivity index (χ4n) is 2.20. The first-order chi connectivity index (χ1) is 13.0. The second-order valence-electron chi connectivity index (χ2n) is 6.46. The van der Waals surface area contributed by atoms with E-state index in [4.69, 9.17) is 16.6 Å². The van der Waals surface area contributed by atoms with E-state index in [9.17, 15) is 29.4 Å². The van der Waals surface area contributed by atoms with Gasteiger partial charge in [-0.2, -0.15) is 0 Å². The van der Waals surface area contributed by atoms with Crippen molar-refractivity contribution in [2.45, 2.75) is 63.4 Å². The van der Waals surface area contributed by atoms with E-state index in [1.807, 2.05) is 5.32 Å². The van der Waals surface area contributed by atoms with Crippen molar-refractivity contribution >= 4 is 23.7 Å². The van der Waals surface area contributed by atoms with Crippen molar-refractivity contribution in [2.24, 2.45) is 11.5 Å². The minimum Gasteiger partial charge on any atom is -0.480 e. The van der Waals surface area contributed by atoms with Gasteiger partial charge in [-0.1, -0.05) is 6.42 Å². The zero-order valence-electron chi connectivity index (χ0n) is 16.1. The van der Waals surface area contributed by atoms with Crippen molar-refractivity contribution in [3.05, 3.63) is 0 Å². The van der Waals surface area contributed by atoms with Gasteiger partial charge in [-0.15, -0.1) is 0 Å². The third kappa shape index (κ3) is 9.60. The molecule has 28 heavy (non-hydrogen) atoms. The average molecular weight is 405 g/mol. The van der Waals surface area contributed by atoms with E-state index in [2.05, 4.69) is 10.6 Å². The summed E-state index contributed by atoms with van der Waals surface area (Å²) in [5.41, 5.74) is 11.0. The molecule has 5 unspecified atom stereocenters. The predicted octanol–water partition coefficient (Wildman–Crippen LogP) is -3.63. The van der Waals surface area contributed by atoms with Gasteiger partial charge in [0, 0.05) is 0 Å². The van der Waals surface area contributed by atoms with Gasteiger partial charge in [0.15, 0.2) is 6.04 Å². The van der Waals surface area contributed by atoms with Crippen molar-refractivity contribution < 1.29 is 34.5 Å². The van der Waals surface area contributed by atoms with Gasteiger partial charge in [-0.25, -0.2) is 4.79 Å². The van der Waals surface area contributed by atoms with Crippen LogP contribution in [0.3, 0.4) is 0 Å². The molecule has 0 aliphatic heterocycles. The lowest BCUT2D eigenvalue weighted by molar-refractivity contribution is -0.145. The molecule has 0 saturated heterocycles. The zero-order valence-corrected chi connectivity index (χ0v) is 16.1. The summed E-state index contributed by atoms with van der Waals surface area (Å²) in [6, 6.07) is -3.90. The molecule has 5 atom stereocenters. The third-order valence-electron chi connectivity index (χ3n) is 3.86. The van der Waals surface area contributed by atoms with E-state index in [0.717, 1.165) is 6.42 Å². The molecule has 12 nitrogen and oxygen atoms in total. The number of unbranched alkanes of at least 4 members (excludes halogenated alkanes) is 1. The molecule has 0 spiro atoms. The van der Waals surface area contributed by atoms with Crippen LogP contribution >= 0.6 is 0 Å². The van der Waals surface area contributed by atoms with Crippen LogP contribution in [0.5, 0.6) is 0 Å². The SMILES string of the molecule is CC(O)C(NC(=O)C(NC(=O)CNC(=O)C(N)CCCCN)C(C)O)C(=O)O. The normalized spacial score (nSPS) is 16.2. The largest absolute Gasteiger partial charge is 0.480 e. The van der Waals surface area contributed by atoms with Crippen molar-refractivity contribution in [1.29, 1.82) is 0 Å². The predicted molar refractivity (Wildman–Crippen MR) is 98.7 cm³/mol. The number of carboxylic acid groups (broad SMARTS) is 1. The molecule has 0 aromatic carbocycles. The Morgan fingerprint density at radius 3 is 1.96 bits per heavy atom. The van der Waals surface area contributed by atoms with Gasteiger partial charge in [0.25, 0.3) is 0 Å². The van der Waals surface area contributed by atoms with Gasteiger partial charge in [0.05, 0.1) is 24.8 Å². The van der Waals surface area contributed by atoms with Crippen molar-refractivity contribution in [3.8, 4) is 0 Å². The number of rotatable bonds is 13. The van der Waals surface area contributed by atoms with Crippen LogP contribution in [-0.2, 0) is 19.2 Å². The number of nitrogens with two attached hydrogens (primary N) is 2. The maximum absolute atomic E-state index is 12.2. The highest BCUT2D eigenvalue weighted by Crippen LogP contribution is 2.00. The van der Waals surface area contributed by atoms with E-state index in [-0.39, 0.29) is 0 Å². The Kier molecular flexibility index (Phi) is 11.9. The summed E-state index contributed by atoms with van der Waals surface area (Å²) in [5.74, 6) is -3.81. The van der Waals surface area contributed by atoms with Crippen LogP contribution in [0.2, 0.25) is 0 Å². The molecule has 10 N–H and O–H groups in total. The van der Waals surface area contributed by atoms with Crippen LogP contribution in [0, 0.1) is 0 Å². The third-order valence-corrected chi connectivity index (χ3v) is 3.86. The fourth-order valence-corrected chi connectivity index (χ4v) is 2.20. The molecule has 0 heterocycles. The Hall–Kier alpha value is -2.28. The topological polar surface area (TPSA) is 217 Å². The molecule has 0 aromatic rings. The van der Waals surface area contributed by atoms with Gasteiger partial charge >= 0.3 is 5.97 Å². The minimum absolute atomic E-state index is 0.402. The number of aliphatic hydroxyl groups excluding tert-OH is 2. The Labute approximate surface area is 163 Å². The molecule has 0 aliphatic rings. The summed E-state index contributed by atoms with van der Waals surface area (Å²) >= 11 is 0. The standard InChI is InChI=1S/C16H31N5O7/c1-8(22)12(15(26)21-13(9(2)23)16(27)28)20-11(24)7-19-14(25)10(18)5-3-4-6-17/h8-10,12-13,22-23H,3-7,17-18H2,1-2H3,(H,19,25)(H,20,24)(H,21,26)(H,27,28). The molecule has 3 amide bonds. The number of carbonyl (C=O) groups is 4. The molecule has 0 fully saturated rings. The zero-order chi connectivity index (χ0) is 21.9. The Morgan fingerprint density at radius 1 is 0.929 bits per heavy atom. The van der Waals surface area contributed by atoms with Crippen LogP contribution in [0.15, 0.2) is 0 Å². The Balaban J connectivity index is 4.67. The number of amides is 3. The highest BCUT2D eigenvalue weighted by molar-refractivity contribution is 5.92. The molecule has 162 valence electrons. The number of hydrogen-bond donors (Lipinski definition) is 8. The average Bonchev–Trinajstić information content (AvgIpc) is 2.61. The molecule has 12 heteroatoms. The van der Waals surface area contributed by atoms with E-state index in [1.54, 1.807) is 0 Å². The van der Waals surface area contributed by atoms with Gasteiger partial charge < -0.3 is 42.7 Å². The van der Waals surface area contributed by atoms with Gasteiger partial charge in [0.1, 0.15) is 6.04 Å². The summed E-state index contributed by atoms with van der Waals surface area (Å²) in [7, 11) is 0. The lowest BCUT2D eigenvalue weighted by Gasteiger charge is -2.24. The number of hydrogen-bond acceptors (Lipinski definition) is 8. The highest BCUT2D eigenvalue weighted by Gasteiger charge is 2.31. The summed E-state index contributed by atoms with van der Waals surface area (Å²) in [6.45, 7) is 2.38. The molecule has 0 aliphatic carbocycles. The van der Waals surface area contributed by atoms with Crippen LogP contribution in [0.1, 0.15) is 33.1 Å². The molecule has 0 bridgehead atoms. The molecule has 0 rings (SSSR count). The first-order valence-corrected chi connectivity index (χ1v) is 8.93. The molecule has 0 saturated carbocycles. The van der Waals surface area contributed by atoms with Crippen LogP contribution in [0.25, 0.3) is 0 Å². The number of carboxylic acids is 1. The Morgan fingerprint density at radius 2 is 1.50 bits per heavy atom. The second-order valence-corrected chi connectivity index (χ2v) is 6.46. The Bertz CT molecular complexity index is 541.